The number of benzene rings is 1. The SMILES string of the molecule is Cc1cc(C)c(CN2CC(=O)NCC2=O)c(C)c1. The summed E-state index contributed by atoms with van der Waals surface area (Å²) in [6.07, 6.45) is 0. The lowest BCUT2D eigenvalue weighted by molar-refractivity contribution is -0.141. The van der Waals surface area contributed by atoms with E-state index in [-0.39, 0.29) is 24.9 Å². The van der Waals surface area contributed by atoms with Gasteiger partial charge >= 0.3 is 0 Å². The fourth-order valence-corrected chi connectivity index (χ4v) is 2.40. The smallest absolute Gasteiger partial charge is 0.242 e. The molecule has 2 amide bonds. The highest BCUT2D eigenvalue weighted by atomic mass is 16.2. The first-order valence-corrected chi connectivity index (χ1v) is 6.08. The molecule has 0 bridgehead atoms. The van der Waals surface area contributed by atoms with Crippen molar-refractivity contribution in [3.63, 3.8) is 0 Å². The Labute approximate surface area is 107 Å². The summed E-state index contributed by atoms with van der Waals surface area (Å²) in [7, 11) is 0. The highest BCUT2D eigenvalue weighted by molar-refractivity contribution is 5.92. The van der Waals surface area contributed by atoms with Crippen LogP contribution in [0.1, 0.15) is 22.3 Å². The minimum Gasteiger partial charge on any atom is -0.345 e. The van der Waals surface area contributed by atoms with E-state index in [4.69, 9.17) is 0 Å². The van der Waals surface area contributed by atoms with E-state index >= 15 is 0 Å². The van der Waals surface area contributed by atoms with Crippen LogP contribution < -0.4 is 5.32 Å². The van der Waals surface area contributed by atoms with E-state index in [0.29, 0.717) is 6.54 Å². The first-order valence-electron chi connectivity index (χ1n) is 6.08. The van der Waals surface area contributed by atoms with Gasteiger partial charge in [0.25, 0.3) is 0 Å². The summed E-state index contributed by atoms with van der Waals surface area (Å²) < 4.78 is 0. The van der Waals surface area contributed by atoms with Crippen molar-refractivity contribution in [2.75, 3.05) is 13.1 Å². The lowest BCUT2D eigenvalue weighted by Gasteiger charge is -2.28. The third-order valence-corrected chi connectivity index (χ3v) is 3.31. The van der Waals surface area contributed by atoms with E-state index < -0.39 is 0 Å². The maximum Gasteiger partial charge on any atom is 0.242 e. The van der Waals surface area contributed by atoms with Crippen LogP contribution in [-0.4, -0.2) is 29.8 Å². The maximum atomic E-state index is 11.7. The zero-order valence-electron chi connectivity index (χ0n) is 11.0. The Morgan fingerprint density at radius 2 is 1.78 bits per heavy atom. The third kappa shape index (κ3) is 2.53. The van der Waals surface area contributed by atoms with E-state index in [0.717, 1.165) is 5.56 Å². The molecule has 0 saturated carbocycles. The average Bonchev–Trinajstić information content (AvgIpc) is 2.28. The number of amides is 2. The molecular formula is C14H18N2O2. The zero-order valence-corrected chi connectivity index (χ0v) is 11.0. The van der Waals surface area contributed by atoms with Crippen LogP contribution in [-0.2, 0) is 16.1 Å². The number of piperazine rings is 1. The van der Waals surface area contributed by atoms with Gasteiger partial charge in [0, 0.05) is 6.54 Å². The van der Waals surface area contributed by atoms with Crippen LogP contribution in [0.15, 0.2) is 12.1 Å². The van der Waals surface area contributed by atoms with Crippen LogP contribution in [0.3, 0.4) is 0 Å². The molecule has 1 aromatic rings. The quantitative estimate of drug-likeness (QED) is 0.848. The summed E-state index contributed by atoms with van der Waals surface area (Å²) in [6.45, 7) is 6.94. The van der Waals surface area contributed by atoms with Crippen LogP contribution in [0.2, 0.25) is 0 Å². The lowest BCUT2D eigenvalue weighted by Crippen LogP contribution is -2.51. The van der Waals surface area contributed by atoms with Gasteiger partial charge in [0.1, 0.15) is 0 Å². The molecule has 0 atom stereocenters. The fraction of sp³-hybridized carbons (Fsp3) is 0.429. The van der Waals surface area contributed by atoms with E-state index in [1.807, 2.05) is 13.8 Å². The van der Waals surface area contributed by atoms with E-state index in [1.54, 1.807) is 4.90 Å². The van der Waals surface area contributed by atoms with Gasteiger partial charge in [-0.15, -0.1) is 0 Å². The van der Waals surface area contributed by atoms with Crippen molar-refractivity contribution in [1.29, 1.82) is 0 Å². The average molecular weight is 246 g/mol. The van der Waals surface area contributed by atoms with Crippen molar-refractivity contribution < 1.29 is 9.59 Å². The number of hydrogen-bond acceptors (Lipinski definition) is 2. The summed E-state index contributed by atoms with van der Waals surface area (Å²) in [6, 6.07) is 4.22. The molecule has 1 aliphatic heterocycles. The number of hydrogen-bond donors (Lipinski definition) is 1. The van der Waals surface area contributed by atoms with Crippen LogP contribution in [0.5, 0.6) is 0 Å². The first-order chi connectivity index (χ1) is 8.47. The standard InChI is InChI=1S/C14H18N2O2/c1-9-4-10(2)12(11(3)5-9)7-16-8-13(17)15-6-14(16)18/h4-5H,6-8H2,1-3H3,(H,15,17). The molecule has 4 nitrogen and oxygen atoms in total. The summed E-state index contributed by atoms with van der Waals surface area (Å²) in [5.74, 6) is -0.106. The van der Waals surface area contributed by atoms with Gasteiger partial charge in [0.2, 0.25) is 11.8 Å². The summed E-state index contributed by atoms with van der Waals surface area (Å²) in [4.78, 5) is 24.7. The Morgan fingerprint density at radius 1 is 1.17 bits per heavy atom. The molecule has 0 aliphatic carbocycles. The van der Waals surface area contributed by atoms with Gasteiger partial charge in [-0.3, -0.25) is 9.59 Å². The van der Waals surface area contributed by atoms with Crippen LogP contribution in [0, 0.1) is 20.8 Å². The number of carbonyl (C=O) groups excluding carboxylic acids is 2. The van der Waals surface area contributed by atoms with Crippen LogP contribution >= 0.6 is 0 Å². The second-order valence-corrected chi connectivity index (χ2v) is 4.90. The lowest BCUT2D eigenvalue weighted by atomic mass is 9.99. The van der Waals surface area contributed by atoms with Gasteiger partial charge in [-0.05, 0) is 37.5 Å². The minimum absolute atomic E-state index is 0.0195. The Bertz CT molecular complexity index is 486. The molecule has 2 rings (SSSR count). The van der Waals surface area contributed by atoms with Crippen molar-refractivity contribution in [1.82, 2.24) is 10.2 Å². The predicted octanol–water partition coefficient (Wildman–Crippen LogP) is 1.07. The van der Waals surface area contributed by atoms with Crippen molar-refractivity contribution in [2.24, 2.45) is 0 Å². The van der Waals surface area contributed by atoms with Crippen molar-refractivity contribution in [2.45, 2.75) is 27.3 Å². The molecule has 96 valence electrons. The summed E-state index contributed by atoms with van der Waals surface area (Å²) in [5.41, 5.74) is 4.71. The maximum absolute atomic E-state index is 11.7. The van der Waals surface area contributed by atoms with Crippen LogP contribution in [0.4, 0.5) is 0 Å². The predicted molar refractivity (Wildman–Crippen MR) is 69.1 cm³/mol. The fourth-order valence-electron chi connectivity index (χ4n) is 2.40. The van der Waals surface area contributed by atoms with Crippen LogP contribution in [0.25, 0.3) is 0 Å². The van der Waals surface area contributed by atoms with Crippen molar-refractivity contribution in [3.8, 4) is 0 Å². The molecule has 4 heteroatoms. The Hall–Kier alpha value is -1.84. The normalized spacial score (nSPS) is 15.8. The first kappa shape index (κ1) is 12.6. The van der Waals surface area contributed by atoms with E-state index in [9.17, 15) is 9.59 Å². The molecule has 1 aliphatic rings. The molecular weight excluding hydrogens is 228 g/mol. The number of carbonyl (C=O) groups is 2. The Kier molecular flexibility index (Phi) is 3.36. The summed E-state index contributed by atoms with van der Waals surface area (Å²) in [5, 5.41) is 2.56. The molecule has 0 radical (unpaired) electrons. The van der Waals surface area contributed by atoms with E-state index in [2.05, 4.69) is 24.4 Å². The van der Waals surface area contributed by atoms with Gasteiger partial charge < -0.3 is 10.2 Å². The van der Waals surface area contributed by atoms with Gasteiger partial charge in [0.05, 0.1) is 13.1 Å². The molecule has 0 unspecified atom stereocenters. The molecule has 1 heterocycles. The van der Waals surface area contributed by atoms with Gasteiger partial charge in [-0.25, -0.2) is 0 Å². The number of nitrogens with one attached hydrogen (secondary N) is 1. The second kappa shape index (κ2) is 4.80. The third-order valence-electron chi connectivity index (χ3n) is 3.31. The van der Waals surface area contributed by atoms with Gasteiger partial charge in [-0.1, -0.05) is 17.7 Å². The Balaban J connectivity index is 2.23. The van der Waals surface area contributed by atoms with E-state index in [1.165, 1.54) is 16.7 Å². The van der Waals surface area contributed by atoms with Crippen molar-refractivity contribution >= 4 is 11.8 Å². The minimum atomic E-state index is -0.0861. The largest absolute Gasteiger partial charge is 0.345 e. The zero-order chi connectivity index (χ0) is 13.3. The highest BCUT2D eigenvalue weighted by Gasteiger charge is 2.23. The monoisotopic (exact) mass is 246 g/mol. The number of aryl methyl sites for hydroxylation is 3. The molecule has 0 spiro atoms. The molecule has 1 fully saturated rings. The molecule has 1 saturated heterocycles. The number of rotatable bonds is 2. The van der Waals surface area contributed by atoms with Gasteiger partial charge in [0.15, 0.2) is 0 Å². The Morgan fingerprint density at radius 3 is 2.39 bits per heavy atom. The molecule has 18 heavy (non-hydrogen) atoms. The topological polar surface area (TPSA) is 49.4 Å². The summed E-state index contributed by atoms with van der Waals surface area (Å²) >= 11 is 0. The molecule has 1 aromatic carbocycles. The van der Waals surface area contributed by atoms with Crippen molar-refractivity contribution in [3.05, 3.63) is 34.4 Å². The molecule has 1 N–H and O–H groups in total. The molecule has 0 aromatic heterocycles. The van der Waals surface area contributed by atoms with Gasteiger partial charge in [-0.2, -0.15) is 0 Å². The second-order valence-electron chi connectivity index (χ2n) is 4.90. The highest BCUT2D eigenvalue weighted by Crippen LogP contribution is 2.18. The number of nitrogens with zero attached hydrogens (tertiary/aromatic N) is 1.